The molecule has 0 aliphatic carbocycles. The van der Waals surface area contributed by atoms with Gasteiger partial charge >= 0.3 is 0 Å². The van der Waals surface area contributed by atoms with Crippen LogP contribution in [0.25, 0.3) is 0 Å². The Kier molecular flexibility index (Phi) is 3.11. The van der Waals surface area contributed by atoms with Gasteiger partial charge in [0.25, 0.3) is 5.91 Å². The number of amides is 1. The van der Waals surface area contributed by atoms with Crippen molar-refractivity contribution in [3.8, 4) is 0 Å². The summed E-state index contributed by atoms with van der Waals surface area (Å²) >= 11 is 5.05. The van der Waals surface area contributed by atoms with Crippen molar-refractivity contribution < 1.29 is 4.79 Å². The van der Waals surface area contributed by atoms with E-state index in [0.29, 0.717) is 10.7 Å². The Balaban J connectivity index is 2.10. The number of rotatable bonds is 1. The van der Waals surface area contributed by atoms with E-state index in [1.807, 2.05) is 11.8 Å². The van der Waals surface area contributed by atoms with Crippen molar-refractivity contribution >= 4 is 33.2 Å². The van der Waals surface area contributed by atoms with Crippen molar-refractivity contribution in [2.75, 3.05) is 13.1 Å². The Morgan fingerprint density at radius 2 is 2.40 bits per heavy atom. The van der Waals surface area contributed by atoms with Crippen molar-refractivity contribution in [3.05, 3.63) is 16.1 Å². The van der Waals surface area contributed by atoms with Gasteiger partial charge in [0.15, 0.2) is 0 Å². The summed E-state index contributed by atoms with van der Waals surface area (Å²) in [7, 11) is 0. The largest absolute Gasteiger partial charge is 0.336 e. The van der Waals surface area contributed by atoms with Gasteiger partial charge in [-0.3, -0.25) is 4.79 Å². The zero-order valence-corrected chi connectivity index (χ0v) is 11.1. The van der Waals surface area contributed by atoms with Crippen LogP contribution in [0.4, 0.5) is 0 Å². The minimum atomic E-state index is 0.120. The molecule has 2 atom stereocenters. The van der Waals surface area contributed by atoms with Gasteiger partial charge in [-0.25, -0.2) is 4.98 Å². The van der Waals surface area contributed by atoms with Crippen molar-refractivity contribution in [1.82, 2.24) is 9.88 Å². The smallest absolute Gasteiger partial charge is 0.265 e. The molecule has 0 saturated carbocycles. The molecular weight excluding hydrogens is 276 g/mol. The molecule has 2 unspecified atom stereocenters. The first-order valence-corrected chi connectivity index (χ1v) is 6.67. The first-order valence-electron chi connectivity index (χ1n) is 4.93. The van der Waals surface area contributed by atoms with E-state index in [1.54, 1.807) is 6.20 Å². The van der Waals surface area contributed by atoms with Crippen molar-refractivity contribution in [2.24, 2.45) is 5.92 Å². The molecule has 15 heavy (non-hydrogen) atoms. The molecule has 0 spiro atoms. The SMILES string of the molecule is Cc1ncc(C(=O)N2CC(C)C(Br)C2)s1. The first kappa shape index (κ1) is 11.1. The maximum absolute atomic E-state index is 12.0. The summed E-state index contributed by atoms with van der Waals surface area (Å²) in [5.74, 6) is 0.650. The maximum Gasteiger partial charge on any atom is 0.265 e. The maximum atomic E-state index is 12.0. The normalized spacial score (nSPS) is 25.9. The van der Waals surface area contributed by atoms with Gasteiger partial charge in [0.1, 0.15) is 4.88 Å². The summed E-state index contributed by atoms with van der Waals surface area (Å²) in [6.45, 7) is 5.72. The average Bonchev–Trinajstić information content (AvgIpc) is 2.74. The van der Waals surface area contributed by atoms with Crippen LogP contribution in [-0.2, 0) is 0 Å². The minimum absolute atomic E-state index is 0.120. The van der Waals surface area contributed by atoms with Crippen LogP contribution in [0.3, 0.4) is 0 Å². The van der Waals surface area contributed by atoms with Crippen LogP contribution in [0.1, 0.15) is 21.6 Å². The predicted molar refractivity (Wildman–Crippen MR) is 64.6 cm³/mol. The number of halogens is 1. The average molecular weight is 289 g/mol. The second-order valence-electron chi connectivity index (χ2n) is 3.95. The van der Waals surface area contributed by atoms with E-state index in [9.17, 15) is 4.79 Å². The van der Waals surface area contributed by atoms with E-state index >= 15 is 0 Å². The molecule has 1 fully saturated rings. The summed E-state index contributed by atoms with van der Waals surface area (Å²) in [5, 5.41) is 0.945. The molecule has 0 N–H and O–H groups in total. The quantitative estimate of drug-likeness (QED) is 0.743. The Morgan fingerprint density at radius 1 is 1.67 bits per heavy atom. The van der Waals surface area contributed by atoms with Gasteiger partial charge in [-0.2, -0.15) is 0 Å². The number of hydrogen-bond acceptors (Lipinski definition) is 3. The highest BCUT2D eigenvalue weighted by molar-refractivity contribution is 9.09. The summed E-state index contributed by atoms with van der Waals surface area (Å²) in [6.07, 6.45) is 1.68. The van der Waals surface area contributed by atoms with Crippen LogP contribution in [0.2, 0.25) is 0 Å². The predicted octanol–water partition coefficient (Wildman–Crippen LogP) is 2.31. The molecule has 1 saturated heterocycles. The molecule has 1 aliphatic heterocycles. The monoisotopic (exact) mass is 288 g/mol. The third kappa shape index (κ3) is 2.23. The number of likely N-dealkylation sites (tertiary alicyclic amines) is 1. The third-order valence-corrected chi connectivity index (χ3v) is 4.73. The number of carbonyl (C=O) groups excluding carboxylic acids is 1. The van der Waals surface area contributed by atoms with Crippen LogP contribution in [0.5, 0.6) is 0 Å². The van der Waals surface area contributed by atoms with Gasteiger partial charge < -0.3 is 4.90 Å². The standard InChI is InChI=1S/C10H13BrN2OS/c1-6-4-13(5-8(6)11)10(14)9-3-12-7(2)15-9/h3,6,8H,4-5H2,1-2H3. The lowest BCUT2D eigenvalue weighted by atomic mass is 10.2. The van der Waals surface area contributed by atoms with E-state index in [0.717, 1.165) is 23.0 Å². The van der Waals surface area contributed by atoms with E-state index in [1.165, 1.54) is 11.3 Å². The number of hydrogen-bond donors (Lipinski definition) is 0. The lowest BCUT2D eigenvalue weighted by Gasteiger charge is -2.13. The highest BCUT2D eigenvalue weighted by Crippen LogP contribution is 2.25. The van der Waals surface area contributed by atoms with Crippen LogP contribution in [-0.4, -0.2) is 33.7 Å². The molecule has 2 heterocycles. The van der Waals surface area contributed by atoms with Gasteiger partial charge in [-0.05, 0) is 12.8 Å². The minimum Gasteiger partial charge on any atom is -0.336 e. The number of aryl methyl sites for hydroxylation is 1. The summed E-state index contributed by atoms with van der Waals surface area (Å²) in [4.78, 5) is 19.2. The molecule has 0 radical (unpaired) electrons. The topological polar surface area (TPSA) is 33.2 Å². The Morgan fingerprint density at radius 3 is 2.87 bits per heavy atom. The van der Waals surface area contributed by atoms with Gasteiger partial charge in [-0.1, -0.05) is 22.9 Å². The Labute approximate surface area is 102 Å². The molecular formula is C10H13BrN2OS. The Hall–Kier alpha value is -0.420. The van der Waals surface area contributed by atoms with E-state index < -0.39 is 0 Å². The number of thiazole rings is 1. The van der Waals surface area contributed by atoms with Gasteiger partial charge in [0.2, 0.25) is 0 Å². The van der Waals surface area contributed by atoms with E-state index in [2.05, 4.69) is 27.8 Å². The number of nitrogens with zero attached hydrogens (tertiary/aromatic N) is 2. The molecule has 0 aromatic carbocycles. The second kappa shape index (κ2) is 4.22. The highest BCUT2D eigenvalue weighted by Gasteiger charge is 2.31. The van der Waals surface area contributed by atoms with Crippen LogP contribution < -0.4 is 0 Å². The lowest BCUT2D eigenvalue weighted by Crippen LogP contribution is -2.28. The molecule has 1 aliphatic rings. The fourth-order valence-electron chi connectivity index (χ4n) is 1.71. The van der Waals surface area contributed by atoms with Crippen LogP contribution in [0.15, 0.2) is 6.20 Å². The molecule has 2 rings (SSSR count). The van der Waals surface area contributed by atoms with Crippen LogP contribution >= 0.6 is 27.3 Å². The van der Waals surface area contributed by atoms with E-state index in [-0.39, 0.29) is 5.91 Å². The zero-order chi connectivity index (χ0) is 11.0. The summed E-state index contributed by atoms with van der Waals surface area (Å²) in [5.41, 5.74) is 0. The highest BCUT2D eigenvalue weighted by atomic mass is 79.9. The van der Waals surface area contributed by atoms with Crippen molar-refractivity contribution in [1.29, 1.82) is 0 Å². The molecule has 1 aromatic heterocycles. The summed E-state index contributed by atoms with van der Waals surface area (Å²) < 4.78 is 0. The Bertz CT molecular complexity index is 369. The molecule has 5 heteroatoms. The lowest BCUT2D eigenvalue weighted by molar-refractivity contribution is 0.0793. The van der Waals surface area contributed by atoms with Crippen molar-refractivity contribution in [3.63, 3.8) is 0 Å². The molecule has 1 aromatic rings. The van der Waals surface area contributed by atoms with Gasteiger partial charge in [0, 0.05) is 17.9 Å². The fraction of sp³-hybridized carbons (Fsp3) is 0.600. The number of aromatic nitrogens is 1. The molecule has 1 amide bonds. The number of alkyl halides is 1. The molecule has 3 nitrogen and oxygen atoms in total. The molecule has 82 valence electrons. The summed E-state index contributed by atoms with van der Waals surface area (Å²) in [6, 6.07) is 0. The first-order chi connectivity index (χ1) is 7.08. The zero-order valence-electron chi connectivity index (χ0n) is 8.74. The second-order valence-corrected chi connectivity index (χ2v) is 6.36. The third-order valence-electron chi connectivity index (χ3n) is 2.64. The molecule has 0 bridgehead atoms. The van der Waals surface area contributed by atoms with Gasteiger partial charge in [-0.15, -0.1) is 11.3 Å². The fourth-order valence-corrected chi connectivity index (χ4v) is 2.97. The van der Waals surface area contributed by atoms with E-state index in [4.69, 9.17) is 0 Å². The van der Waals surface area contributed by atoms with Crippen molar-refractivity contribution in [2.45, 2.75) is 18.7 Å². The van der Waals surface area contributed by atoms with Crippen LogP contribution in [0, 0.1) is 12.8 Å². The number of carbonyl (C=O) groups is 1. The van der Waals surface area contributed by atoms with Gasteiger partial charge in [0.05, 0.1) is 11.2 Å².